The zero-order valence-electron chi connectivity index (χ0n) is 10.3. The van der Waals surface area contributed by atoms with Crippen LogP contribution in [-0.4, -0.2) is 19.0 Å². The Morgan fingerprint density at radius 1 is 1.41 bits per heavy atom. The molecule has 2 N–H and O–H groups in total. The van der Waals surface area contributed by atoms with E-state index in [1.807, 2.05) is 38.1 Å². The van der Waals surface area contributed by atoms with Crippen LogP contribution in [0.15, 0.2) is 24.3 Å². The summed E-state index contributed by atoms with van der Waals surface area (Å²) < 4.78 is 0. The van der Waals surface area contributed by atoms with E-state index in [9.17, 15) is 4.79 Å². The first kappa shape index (κ1) is 14.0. The summed E-state index contributed by atoms with van der Waals surface area (Å²) in [6.45, 7) is 5.29. The van der Waals surface area contributed by atoms with Crippen LogP contribution >= 0.6 is 11.6 Å². The number of rotatable bonds is 6. The van der Waals surface area contributed by atoms with Gasteiger partial charge >= 0.3 is 0 Å². The zero-order valence-corrected chi connectivity index (χ0v) is 11.1. The fourth-order valence-corrected chi connectivity index (χ4v) is 1.92. The van der Waals surface area contributed by atoms with Crippen LogP contribution in [-0.2, 0) is 4.79 Å². The van der Waals surface area contributed by atoms with Crippen LogP contribution < -0.4 is 10.6 Å². The Hall–Kier alpha value is -1.06. The number of carbonyl (C=O) groups is 1. The van der Waals surface area contributed by atoms with Crippen LogP contribution in [0.2, 0.25) is 5.02 Å². The molecule has 0 aliphatic heterocycles. The molecule has 1 rings (SSSR count). The van der Waals surface area contributed by atoms with E-state index in [-0.39, 0.29) is 11.9 Å². The van der Waals surface area contributed by atoms with Gasteiger partial charge in [-0.05, 0) is 25.5 Å². The minimum atomic E-state index is 0.0753. The highest BCUT2D eigenvalue weighted by Gasteiger charge is 2.08. The average molecular weight is 255 g/mol. The molecule has 0 saturated carbocycles. The van der Waals surface area contributed by atoms with Crippen molar-refractivity contribution in [1.82, 2.24) is 10.6 Å². The summed E-state index contributed by atoms with van der Waals surface area (Å²) in [6, 6.07) is 7.89. The quantitative estimate of drug-likeness (QED) is 0.819. The highest BCUT2D eigenvalue weighted by Crippen LogP contribution is 2.21. The lowest BCUT2D eigenvalue weighted by Gasteiger charge is -2.15. The fourth-order valence-electron chi connectivity index (χ4n) is 1.62. The third-order valence-corrected chi connectivity index (χ3v) is 2.89. The molecule has 3 nitrogen and oxygen atoms in total. The minimum absolute atomic E-state index is 0.0753. The van der Waals surface area contributed by atoms with Crippen molar-refractivity contribution in [2.45, 2.75) is 26.3 Å². The Balaban J connectivity index is 2.38. The highest BCUT2D eigenvalue weighted by molar-refractivity contribution is 6.31. The number of carbonyl (C=O) groups excluding carboxylic acids is 1. The second kappa shape index (κ2) is 7.30. The van der Waals surface area contributed by atoms with Crippen molar-refractivity contribution in [3.8, 4) is 0 Å². The predicted molar refractivity (Wildman–Crippen MR) is 71.2 cm³/mol. The maximum Gasteiger partial charge on any atom is 0.221 e. The Morgan fingerprint density at radius 3 is 2.76 bits per heavy atom. The molecule has 0 aromatic heterocycles. The fraction of sp³-hybridized carbons (Fsp3) is 0.462. The summed E-state index contributed by atoms with van der Waals surface area (Å²) in [4.78, 5) is 11.3. The number of nitrogens with one attached hydrogen (secondary N) is 2. The van der Waals surface area contributed by atoms with E-state index in [2.05, 4.69) is 10.6 Å². The molecule has 94 valence electrons. The second-order valence-electron chi connectivity index (χ2n) is 3.90. The molecule has 0 heterocycles. The Kier molecular flexibility index (Phi) is 6.01. The Morgan fingerprint density at radius 2 is 2.12 bits per heavy atom. The SMILES string of the molecule is CCNC(=O)CCN[C@@H](C)c1ccccc1Cl. The van der Waals surface area contributed by atoms with Gasteiger partial charge < -0.3 is 10.6 Å². The first-order chi connectivity index (χ1) is 8.15. The topological polar surface area (TPSA) is 41.1 Å². The highest BCUT2D eigenvalue weighted by atomic mass is 35.5. The van der Waals surface area contributed by atoms with Gasteiger partial charge in [-0.3, -0.25) is 4.79 Å². The lowest BCUT2D eigenvalue weighted by molar-refractivity contribution is -0.120. The van der Waals surface area contributed by atoms with Gasteiger partial charge in [0.1, 0.15) is 0 Å². The van der Waals surface area contributed by atoms with Gasteiger partial charge in [0.25, 0.3) is 0 Å². The van der Waals surface area contributed by atoms with Crippen molar-refractivity contribution in [3.63, 3.8) is 0 Å². The van der Waals surface area contributed by atoms with E-state index in [0.717, 1.165) is 10.6 Å². The van der Waals surface area contributed by atoms with Gasteiger partial charge in [0, 0.05) is 30.6 Å². The van der Waals surface area contributed by atoms with Gasteiger partial charge in [0.2, 0.25) is 5.91 Å². The van der Waals surface area contributed by atoms with Crippen LogP contribution in [0.5, 0.6) is 0 Å². The lowest BCUT2D eigenvalue weighted by Crippen LogP contribution is -2.28. The monoisotopic (exact) mass is 254 g/mol. The van der Waals surface area contributed by atoms with Crippen LogP contribution in [0, 0.1) is 0 Å². The number of benzene rings is 1. The third-order valence-electron chi connectivity index (χ3n) is 2.55. The molecule has 1 amide bonds. The maximum absolute atomic E-state index is 11.3. The predicted octanol–water partition coefficient (Wildman–Crippen LogP) is 2.52. The smallest absolute Gasteiger partial charge is 0.221 e. The van der Waals surface area contributed by atoms with E-state index in [4.69, 9.17) is 11.6 Å². The number of hydrogen-bond acceptors (Lipinski definition) is 2. The molecule has 0 radical (unpaired) electrons. The largest absolute Gasteiger partial charge is 0.356 e. The van der Waals surface area contributed by atoms with Crippen LogP contribution in [0.3, 0.4) is 0 Å². The first-order valence-corrected chi connectivity index (χ1v) is 6.27. The van der Waals surface area contributed by atoms with Crippen molar-refractivity contribution in [2.75, 3.05) is 13.1 Å². The molecule has 1 aromatic carbocycles. The molecule has 17 heavy (non-hydrogen) atoms. The standard InChI is InChI=1S/C13H19ClN2O/c1-3-15-13(17)8-9-16-10(2)11-6-4-5-7-12(11)14/h4-7,10,16H,3,8-9H2,1-2H3,(H,15,17)/t10-/m0/s1. The molecule has 0 aliphatic carbocycles. The van der Waals surface area contributed by atoms with E-state index in [1.54, 1.807) is 0 Å². The van der Waals surface area contributed by atoms with Gasteiger partial charge in [0.05, 0.1) is 0 Å². The normalized spacial score (nSPS) is 12.2. The summed E-state index contributed by atoms with van der Waals surface area (Å²) in [5, 5.41) is 6.80. The molecular formula is C13H19ClN2O. The molecule has 1 aromatic rings. The summed E-state index contributed by atoms with van der Waals surface area (Å²) in [5.41, 5.74) is 1.06. The molecule has 0 spiro atoms. The summed E-state index contributed by atoms with van der Waals surface area (Å²) in [7, 11) is 0. The Bertz CT molecular complexity index is 368. The van der Waals surface area contributed by atoms with Crippen molar-refractivity contribution < 1.29 is 4.79 Å². The summed E-state index contributed by atoms with van der Waals surface area (Å²) >= 11 is 6.09. The molecular weight excluding hydrogens is 236 g/mol. The molecule has 0 bridgehead atoms. The molecule has 4 heteroatoms. The van der Waals surface area contributed by atoms with Gasteiger partial charge in [-0.15, -0.1) is 0 Å². The summed E-state index contributed by atoms with van der Waals surface area (Å²) in [6.07, 6.45) is 0.489. The van der Waals surface area contributed by atoms with Crippen LogP contribution in [0.4, 0.5) is 0 Å². The van der Waals surface area contributed by atoms with E-state index in [1.165, 1.54) is 0 Å². The lowest BCUT2D eigenvalue weighted by atomic mass is 10.1. The second-order valence-corrected chi connectivity index (χ2v) is 4.31. The van der Waals surface area contributed by atoms with Crippen LogP contribution in [0.25, 0.3) is 0 Å². The Labute approximate surface area is 108 Å². The molecule has 0 unspecified atom stereocenters. The maximum atomic E-state index is 11.3. The van der Waals surface area contributed by atoms with Gasteiger partial charge in [-0.1, -0.05) is 29.8 Å². The van der Waals surface area contributed by atoms with Crippen LogP contribution in [0.1, 0.15) is 31.9 Å². The van der Waals surface area contributed by atoms with Gasteiger partial charge in [-0.2, -0.15) is 0 Å². The van der Waals surface area contributed by atoms with Gasteiger partial charge in [-0.25, -0.2) is 0 Å². The minimum Gasteiger partial charge on any atom is -0.356 e. The number of hydrogen-bond donors (Lipinski definition) is 2. The molecule has 1 atom stereocenters. The van der Waals surface area contributed by atoms with Crippen molar-refractivity contribution in [2.24, 2.45) is 0 Å². The van der Waals surface area contributed by atoms with Gasteiger partial charge in [0.15, 0.2) is 0 Å². The molecule has 0 saturated heterocycles. The molecule has 0 fully saturated rings. The third kappa shape index (κ3) is 4.75. The number of amides is 1. The zero-order chi connectivity index (χ0) is 12.7. The van der Waals surface area contributed by atoms with Crippen molar-refractivity contribution >= 4 is 17.5 Å². The van der Waals surface area contributed by atoms with Crippen molar-refractivity contribution in [1.29, 1.82) is 0 Å². The first-order valence-electron chi connectivity index (χ1n) is 5.89. The molecule has 0 aliphatic rings. The number of halogens is 1. The van der Waals surface area contributed by atoms with E-state index in [0.29, 0.717) is 19.5 Å². The van der Waals surface area contributed by atoms with Crippen molar-refractivity contribution in [3.05, 3.63) is 34.9 Å². The van der Waals surface area contributed by atoms with E-state index < -0.39 is 0 Å². The summed E-state index contributed by atoms with van der Waals surface area (Å²) in [5.74, 6) is 0.0753. The average Bonchev–Trinajstić information content (AvgIpc) is 2.29. The van der Waals surface area contributed by atoms with E-state index >= 15 is 0 Å².